The molecule has 1 aliphatic heterocycles. The fourth-order valence-electron chi connectivity index (χ4n) is 2.78. The molecule has 1 saturated heterocycles. The van der Waals surface area contributed by atoms with E-state index in [1.165, 1.54) is 0 Å². The van der Waals surface area contributed by atoms with Crippen molar-refractivity contribution >= 4 is 5.91 Å². The van der Waals surface area contributed by atoms with E-state index in [9.17, 15) is 4.79 Å². The van der Waals surface area contributed by atoms with E-state index in [-0.39, 0.29) is 12.5 Å². The predicted octanol–water partition coefficient (Wildman–Crippen LogP) is 2.02. The Morgan fingerprint density at radius 1 is 1.52 bits per heavy atom. The molecule has 2 rings (SSSR count). The van der Waals surface area contributed by atoms with Crippen molar-refractivity contribution in [3.8, 4) is 17.6 Å². The lowest BCUT2D eigenvalue weighted by Gasteiger charge is -2.24. The number of nitrogens with zero attached hydrogens (tertiary/aromatic N) is 1. The first-order valence-electron chi connectivity index (χ1n) is 7.39. The normalized spacial score (nSPS) is 17.3. The minimum atomic E-state index is 0.0813. The molecule has 4 heteroatoms. The van der Waals surface area contributed by atoms with Crippen molar-refractivity contribution in [3.63, 3.8) is 0 Å². The molecule has 4 nitrogen and oxygen atoms in total. The molecule has 1 unspecified atom stereocenters. The molecule has 1 amide bonds. The SMILES string of the molecule is CCC1CCCN1C(=O)c1ccc(OC)c(C#CCN)c1. The smallest absolute Gasteiger partial charge is 0.254 e. The summed E-state index contributed by atoms with van der Waals surface area (Å²) in [6, 6.07) is 5.76. The van der Waals surface area contributed by atoms with Gasteiger partial charge in [-0.3, -0.25) is 4.79 Å². The topological polar surface area (TPSA) is 55.6 Å². The summed E-state index contributed by atoms with van der Waals surface area (Å²) in [5, 5.41) is 0. The number of hydrogen-bond acceptors (Lipinski definition) is 3. The van der Waals surface area contributed by atoms with Gasteiger partial charge in [0, 0.05) is 18.2 Å². The molecule has 1 atom stereocenters. The van der Waals surface area contributed by atoms with Crippen LogP contribution in [0, 0.1) is 11.8 Å². The zero-order valence-electron chi connectivity index (χ0n) is 12.7. The Hall–Kier alpha value is -1.99. The summed E-state index contributed by atoms with van der Waals surface area (Å²) >= 11 is 0. The van der Waals surface area contributed by atoms with E-state index >= 15 is 0 Å². The van der Waals surface area contributed by atoms with E-state index in [2.05, 4.69) is 18.8 Å². The van der Waals surface area contributed by atoms with Gasteiger partial charge < -0.3 is 15.4 Å². The van der Waals surface area contributed by atoms with Gasteiger partial charge in [-0.25, -0.2) is 0 Å². The fraction of sp³-hybridized carbons (Fsp3) is 0.471. The van der Waals surface area contributed by atoms with E-state index in [0.717, 1.165) is 25.8 Å². The highest BCUT2D eigenvalue weighted by atomic mass is 16.5. The number of amides is 1. The first-order valence-corrected chi connectivity index (χ1v) is 7.39. The van der Waals surface area contributed by atoms with E-state index in [4.69, 9.17) is 10.5 Å². The van der Waals surface area contributed by atoms with Crippen molar-refractivity contribution in [1.82, 2.24) is 4.90 Å². The molecular weight excluding hydrogens is 264 g/mol. The minimum Gasteiger partial charge on any atom is -0.495 e. The second-order valence-corrected chi connectivity index (χ2v) is 5.12. The molecule has 112 valence electrons. The highest BCUT2D eigenvalue weighted by molar-refractivity contribution is 5.95. The van der Waals surface area contributed by atoms with Crippen molar-refractivity contribution < 1.29 is 9.53 Å². The van der Waals surface area contributed by atoms with Crippen molar-refractivity contribution in [2.24, 2.45) is 5.73 Å². The van der Waals surface area contributed by atoms with Gasteiger partial charge in [0.05, 0.1) is 19.2 Å². The predicted molar refractivity (Wildman–Crippen MR) is 83.3 cm³/mol. The van der Waals surface area contributed by atoms with Crippen molar-refractivity contribution in [3.05, 3.63) is 29.3 Å². The second-order valence-electron chi connectivity index (χ2n) is 5.12. The average molecular weight is 286 g/mol. The molecule has 1 aliphatic rings. The quantitative estimate of drug-likeness (QED) is 0.865. The Labute approximate surface area is 126 Å². The molecule has 1 fully saturated rings. The molecule has 0 aliphatic carbocycles. The highest BCUT2D eigenvalue weighted by Crippen LogP contribution is 2.25. The third kappa shape index (κ3) is 3.37. The third-order valence-electron chi connectivity index (χ3n) is 3.88. The maximum Gasteiger partial charge on any atom is 0.254 e. The van der Waals surface area contributed by atoms with Crippen LogP contribution in [0.5, 0.6) is 5.75 Å². The molecular formula is C17H22N2O2. The second kappa shape index (κ2) is 7.14. The molecule has 2 N–H and O–H groups in total. The monoisotopic (exact) mass is 286 g/mol. The molecule has 0 bridgehead atoms. The number of carbonyl (C=O) groups excluding carboxylic acids is 1. The van der Waals surface area contributed by atoms with Crippen LogP contribution in [0.2, 0.25) is 0 Å². The van der Waals surface area contributed by atoms with Gasteiger partial charge in [0.1, 0.15) is 5.75 Å². The molecule has 1 heterocycles. The van der Waals surface area contributed by atoms with Crippen molar-refractivity contribution in [2.45, 2.75) is 32.2 Å². The van der Waals surface area contributed by atoms with Gasteiger partial charge in [-0.05, 0) is 37.5 Å². The minimum absolute atomic E-state index is 0.0813. The summed E-state index contributed by atoms with van der Waals surface area (Å²) in [7, 11) is 1.60. The molecule has 1 aromatic carbocycles. The van der Waals surface area contributed by atoms with Crippen molar-refractivity contribution in [2.75, 3.05) is 20.2 Å². The van der Waals surface area contributed by atoms with Gasteiger partial charge >= 0.3 is 0 Å². The van der Waals surface area contributed by atoms with Crippen LogP contribution in [0.4, 0.5) is 0 Å². The number of carbonyl (C=O) groups is 1. The lowest BCUT2D eigenvalue weighted by molar-refractivity contribution is 0.0733. The number of rotatable bonds is 3. The van der Waals surface area contributed by atoms with Crippen LogP contribution >= 0.6 is 0 Å². The van der Waals surface area contributed by atoms with Crippen LogP contribution in [0.3, 0.4) is 0 Å². The third-order valence-corrected chi connectivity index (χ3v) is 3.88. The summed E-state index contributed by atoms with van der Waals surface area (Å²) in [5.41, 5.74) is 6.79. The Morgan fingerprint density at radius 2 is 2.33 bits per heavy atom. The van der Waals surface area contributed by atoms with E-state index < -0.39 is 0 Å². The molecule has 1 aromatic rings. The van der Waals surface area contributed by atoms with Crippen LogP contribution in [-0.2, 0) is 0 Å². The van der Waals surface area contributed by atoms with Gasteiger partial charge in [-0.15, -0.1) is 0 Å². The van der Waals surface area contributed by atoms with Gasteiger partial charge in [0.2, 0.25) is 0 Å². The Bertz CT molecular complexity index is 572. The maximum absolute atomic E-state index is 12.7. The number of ether oxygens (including phenoxy) is 1. The summed E-state index contributed by atoms with van der Waals surface area (Å²) in [5.74, 6) is 6.52. The van der Waals surface area contributed by atoms with Crippen LogP contribution in [-0.4, -0.2) is 37.0 Å². The summed E-state index contributed by atoms with van der Waals surface area (Å²) in [6.07, 6.45) is 3.18. The van der Waals surface area contributed by atoms with Crippen molar-refractivity contribution in [1.29, 1.82) is 0 Å². The average Bonchev–Trinajstić information content (AvgIpc) is 3.00. The lowest BCUT2D eigenvalue weighted by atomic mass is 10.1. The Kier molecular flexibility index (Phi) is 5.24. The molecule has 0 spiro atoms. The number of nitrogens with two attached hydrogens (primary N) is 1. The number of benzene rings is 1. The zero-order valence-corrected chi connectivity index (χ0v) is 12.7. The van der Waals surface area contributed by atoms with E-state index in [1.807, 2.05) is 4.90 Å². The Balaban J connectivity index is 2.29. The van der Waals surface area contributed by atoms with Crippen LogP contribution < -0.4 is 10.5 Å². The van der Waals surface area contributed by atoms with E-state index in [0.29, 0.717) is 22.9 Å². The molecule has 0 radical (unpaired) electrons. The zero-order chi connectivity index (χ0) is 15.2. The fourth-order valence-corrected chi connectivity index (χ4v) is 2.78. The number of methoxy groups -OCH3 is 1. The lowest BCUT2D eigenvalue weighted by Crippen LogP contribution is -2.35. The van der Waals surface area contributed by atoms with E-state index in [1.54, 1.807) is 25.3 Å². The maximum atomic E-state index is 12.7. The van der Waals surface area contributed by atoms with Gasteiger partial charge in [0.25, 0.3) is 5.91 Å². The molecule has 0 saturated carbocycles. The Morgan fingerprint density at radius 3 is 3.00 bits per heavy atom. The first-order chi connectivity index (χ1) is 10.2. The molecule has 0 aromatic heterocycles. The first kappa shape index (κ1) is 15.4. The largest absolute Gasteiger partial charge is 0.495 e. The van der Waals surface area contributed by atoms with Crippen LogP contribution in [0.1, 0.15) is 42.1 Å². The highest BCUT2D eigenvalue weighted by Gasteiger charge is 2.28. The summed E-state index contributed by atoms with van der Waals surface area (Å²) < 4.78 is 5.28. The summed E-state index contributed by atoms with van der Waals surface area (Å²) in [4.78, 5) is 14.6. The standard InChI is InChI=1S/C17H22N2O2/c1-3-15-7-5-11-19(15)17(20)14-8-9-16(21-2)13(12-14)6-4-10-18/h8-9,12,15H,3,5,7,10-11,18H2,1-2H3. The molecule has 21 heavy (non-hydrogen) atoms. The van der Waals surface area contributed by atoms with Crippen LogP contribution in [0.25, 0.3) is 0 Å². The van der Waals surface area contributed by atoms with Gasteiger partial charge in [-0.2, -0.15) is 0 Å². The number of likely N-dealkylation sites (tertiary alicyclic amines) is 1. The number of hydrogen-bond donors (Lipinski definition) is 1. The van der Waals surface area contributed by atoms with Gasteiger partial charge in [0.15, 0.2) is 0 Å². The summed E-state index contributed by atoms with van der Waals surface area (Å²) in [6.45, 7) is 3.25. The van der Waals surface area contributed by atoms with Gasteiger partial charge in [-0.1, -0.05) is 18.8 Å². The van der Waals surface area contributed by atoms with Crippen LogP contribution in [0.15, 0.2) is 18.2 Å².